The van der Waals surface area contributed by atoms with E-state index in [-0.39, 0.29) is 17.6 Å². The summed E-state index contributed by atoms with van der Waals surface area (Å²) < 4.78 is 13.1. The number of rotatable bonds is 4. The third-order valence-electron chi connectivity index (χ3n) is 4.89. The first-order valence-electron chi connectivity index (χ1n) is 9.35. The Labute approximate surface area is 172 Å². The molecular formula is C22H20FN3O2S. The highest BCUT2D eigenvalue weighted by atomic mass is 32.1. The molecule has 1 aliphatic rings. The van der Waals surface area contributed by atoms with Crippen LogP contribution in [0.2, 0.25) is 0 Å². The van der Waals surface area contributed by atoms with E-state index in [1.807, 2.05) is 16.3 Å². The largest absolute Gasteiger partial charge is 0.368 e. The molecule has 1 N–H and O–H groups in total. The van der Waals surface area contributed by atoms with Gasteiger partial charge in [0.2, 0.25) is 0 Å². The number of nitrogens with zero attached hydrogens (tertiary/aromatic N) is 2. The minimum absolute atomic E-state index is 0.0279. The van der Waals surface area contributed by atoms with E-state index in [0.717, 1.165) is 5.69 Å². The van der Waals surface area contributed by atoms with Crippen LogP contribution in [0.5, 0.6) is 0 Å². The number of hydrogen-bond acceptors (Lipinski definition) is 4. The predicted molar refractivity (Wildman–Crippen MR) is 113 cm³/mol. The van der Waals surface area contributed by atoms with Crippen LogP contribution in [0.25, 0.3) is 0 Å². The van der Waals surface area contributed by atoms with Gasteiger partial charge < -0.3 is 15.1 Å². The molecule has 0 atom stereocenters. The fourth-order valence-electron chi connectivity index (χ4n) is 3.30. The zero-order chi connectivity index (χ0) is 20.2. The highest BCUT2D eigenvalue weighted by Crippen LogP contribution is 2.19. The summed E-state index contributed by atoms with van der Waals surface area (Å²) in [5, 5.41) is 4.68. The number of thiophene rings is 1. The van der Waals surface area contributed by atoms with Crippen LogP contribution in [-0.4, -0.2) is 42.9 Å². The van der Waals surface area contributed by atoms with Crippen LogP contribution in [0.1, 0.15) is 20.0 Å². The highest BCUT2D eigenvalue weighted by Gasteiger charge is 2.22. The Hall–Kier alpha value is -3.19. The molecule has 1 aliphatic heterocycles. The molecule has 7 heteroatoms. The SMILES string of the molecule is O=C(Nc1ccc(C(=O)N2CCN(c3ccc(F)cc3)CC2)cc1)c1cccs1. The maximum atomic E-state index is 13.1. The van der Waals surface area contributed by atoms with Crippen molar-refractivity contribution < 1.29 is 14.0 Å². The van der Waals surface area contributed by atoms with Crippen LogP contribution in [0, 0.1) is 5.82 Å². The smallest absolute Gasteiger partial charge is 0.265 e. The molecule has 0 aliphatic carbocycles. The van der Waals surface area contributed by atoms with Gasteiger partial charge in [-0.3, -0.25) is 9.59 Å². The summed E-state index contributed by atoms with van der Waals surface area (Å²) in [6.07, 6.45) is 0. The second kappa shape index (κ2) is 8.45. The minimum atomic E-state index is -0.252. The average molecular weight is 409 g/mol. The molecule has 1 aromatic heterocycles. The Morgan fingerprint density at radius 1 is 0.897 bits per heavy atom. The molecule has 4 rings (SSSR count). The third kappa shape index (κ3) is 4.46. The van der Waals surface area contributed by atoms with Crippen molar-refractivity contribution in [2.24, 2.45) is 0 Å². The number of carbonyl (C=O) groups excluding carboxylic acids is 2. The Kier molecular flexibility index (Phi) is 5.57. The molecule has 1 saturated heterocycles. The first-order chi connectivity index (χ1) is 14.1. The first kappa shape index (κ1) is 19.1. The van der Waals surface area contributed by atoms with E-state index in [0.29, 0.717) is 42.3 Å². The van der Waals surface area contributed by atoms with Crippen molar-refractivity contribution in [3.63, 3.8) is 0 Å². The lowest BCUT2D eigenvalue weighted by Gasteiger charge is -2.36. The quantitative estimate of drug-likeness (QED) is 0.706. The Morgan fingerprint density at radius 3 is 2.21 bits per heavy atom. The number of nitrogens with one attached hydrogen (secondary N) is 1. The van der Waals surface area contributed by atoms with Gasteiger partial charge in [-0.15, -0.1) is 11.3 Å². The summed E-state index contributed by atoms with van der Waals surface area (Å²) in [5.41, 5.74) is 2.21. The number of carbonyl (C=O) groups is 2. The van der Waals surface area contributed by atoms with Crippen molar-refractivity contribution in [1.29, 1.82) is 0 Å². The summed E-state index contributed by atoms with van der Waals surface area (Å²) in [5.74, 6) is -0.437. The number of amides is 2. The zero-order valence-electron chi connectivity index (χ0n) is 15.7. The van der Waals surface area contributed by atoms with Crippen molar-refractivity contribution in [3.05, 3.63) is 82.3 Å². The van der Waals surface area contributed by atoms with E-state index in [2.05, 4.69) is 10.2 Å². The molecule has 2 heterocycles. The Balaban J connectivity index is 1.34. The second-order valence-corrected chi connectivity index (χ2v) is 7.71. The summed E-state index contributed by atoms with van der Waals surface area (Å²) in [4.78, 5) is 29.5. The average Bonchev–Trinajstić information content (AvgIpc) is 3.30. The molecule has 29 heavy (non-hydrogen) atoms. The minimum Gasteiger partial charge on any atom is -0.368 e. The van der Waals surface area contributed by atoms with Gasteiger partial charge in [0.1, 0.15) is 5.82 Å². The van der Waals surface area contributed by atoms with Gasteiger partial charge in [-0.1, -0.05) is 6.07 Å². The molecule has 3 aromatic rings. The maximum absolute atomic E-state index is 13.1. The molecule has 2 aromatic carbocycles. The zero-order valence-corrected chi connectivity index (χ0v) is 16.5. The lowest BCUT2D eigenvalue weighted by molar-refractivity contribution is 0.0746. The number of hydrogen-bond donors (Lipinski definition) is 1. The second-order valence-electron chi connectivity index (χ2n) is 6.76. The molecule has 0 spiro atoms. The van der Waals surface area contributed by atoms with E-state index >= 15 is 0 Å². The van der Waals surface area contributed by atoms with E-state index in [4.69, 9.17) is 0 Å². The van der Waals surface area contributed by atoms with Crippen LogP contribution in [0.4, 0.5) is 15.8 Å². The third-order valence-corrected chi connectivity index (χ3v) is 5.76. The van der Waals surface area contributed by atoms with Crippen molar-refractivity contribution in [3.8, 4) is 0 Å². The molecule has 0 unspecified atom stereocenters. The topological polar surface area (TPSA) is 52.7 Å². The van der Waals surface area contributed by atoms with Gasteiger partial charge in [0.05, 0.1) is 4.88 Å². The summed E-state index contributed by atoms with van der Waals surface area (Å²) in [6, 6.07) is 17.0. The van der Waals surface area contributed by atoms with Crippen LogP contribution in [-0.2, 0) is 0 Å². The molecular weight excluding hydrogens is 389 g/mol. The van der Waals surface area contributed by atoms with Gasteiger partial charge in [0.25, 0.3) is 11.8 Å². The maximum Gasteiger partial charge on any atom is 0.265 e. The van der Waals surface area contributed by atoms with Gasteiger partial charge in [-0.05, 0) is 60.0 Å². The van der Waals surface area contributed by atoms with Crippen LogP contribution < -0.4 is 10.2 Å². The van der Waals surface area contributed by atoms with Crippen molar-refractivity contribution in [2.45, 2.75) is 0 Å². The summed E-state index contributed by atoms with van der Waals surface area (Å²) >= 11 is 1.38. The van der Waals surface area contributed by atoms with Crippen LogP contribution in [0.15, 0.2) is 66.0 Å². The van der Waals surface area contributed by atoms with Crippen molar-refractivity contribution >= 4 is 34.5 Å². The fraction of sp³-hybridized carbons (Fsp3) is 0.182. The predicted octanol–water partition coefficient (Wildman–Crippen LogP) is 4.10. The van der Waals surface area contributed by atoms with Crippen molar-refractivity contribution in [1.82, 2.24) is 4.90 Å². The summed E-state index contributed by atoms with van der Waals surface area (Å²) in [6.45, 7) is 2.61. The van der Waals surface area contributed by atoms with E-state index in [9.17, 15) is 14.0 Å². The number of piperazine rings is 1. The standard InChI is InChI=1S/C22H20FN3O2S/c23-17-5-9-19(10-6-17)25-11-13-26(14-12-25)22(28)16-3-7-18(8-4-16)24-21(27)20-2-1-15-29-20/h1-10,15H,11-14H2,(H,24,27). The molecule has 0 saturated carbocycles. The first-order valence-corrected chi connectivity index (χ1v) is 10.2. The molecule has 1 fully saturated rings. The van der Waals surface area contributed by atoms with Gasteiger partial charge in [0, 0.05) is 43.1 Å². The lowest BCUT2D eigenvalue weighted by Crippen LogP contribution is -2.48. The van der Waals surface area contributed by atoms with Gasteiger partial charge >= 0.3 is 0 Å². The number of halogens is 1. The number of anilines is 2. The number of benzene rings is 2. The Morgan fingerprint density at radius 2 is 1.59 bits per heavy atom. The van der Waals surface area contributed by atoms with Gasteiger partial charge in [-0.25, -0.2) is 4.39 Å². The Bertz CT molecular complexity index is 980. The molecule has 148 valence electrons. The highest BCUT2D eigenvalue weighted by molar-refractivity contribution is 7.12. The lowest BCUT2D eigenvalue weighted by atomic mass is 10.1. The normalized spacial score (nSPS) is 14.0. The van der Waals surface area contributed by atoms with E-state index in [1.54, 1.807) is 42.5 Å². The summed E-state index contributed by atoms with van der Waals surface area (Å²) in [7, 11) is 0. The molecule has 5 nitrogen and oxygen atoms in total. The fourth-order valence-corrected chi connectivity index (χ4v) is 3.92. The van der Waals surface area contributed by atoms with Crippen LogP contribution in [0.3, 0.4) is 0 Å². The molecule has 0 radical (unpaired) electrons. The van der Waals surface area contributed by atoms with Gasteiger partial charge in [0.15, 0.2) is 0 Å². The monoisotopic (exact) mass is 409 g/mol. The molecule has 2 amide bonds. The van der Waals surface area contributed by atoms with E-state index in [1.165, 1.54) is 23.5 Å². The molecule has 0 bridgehead atoms. The van der Waals surface area contributed by atoms with Crippen LogP contribution >= 0.6 is 11.3 Å². The van der Waals surface area contributed by atoms with Crippen molar-refractivity contribution in [2.75, 3.05) is 36.4 Å². The van der Waals surface area contributed by atoms with Gasteiger partial charge in [-0.2, -0.15) is 0 Å². The van der Waals surface area contributed by atoms with E-state index < -0.39 is 0 Å².